The van der Waals surface area contributed by atoms with E-state index in [9.17, 15) is 10.2 Å². The SMILES string of the molecule is CC1CCCC(CO)(NCC(O)Cn2cccn2)C1. The molecule has 0 saturated heterocycles. The van der Waals surface area contributed by atoms with Crippen molar-refractivity contribution in [2.75, 3.05) is 13.2 Å². The predicted molar refractivity (Wildman–Crippen MR) is 73.7 cm³/mol. The van der Waals surface area contributed by atoms with Crippen molar-refractivity contribution in [1.29, 1.82) is 0 Å². The third kappa shape index (κ3) is 4.03. The van der Waals surface area contributed by atoms with Gasteiger partial charge < -0.3 is 15.5 Å². The number of aliphatic hydroxyl groups is 2. The van der Waals surface area contributed by atoms with E-state index in [2.05, 4.69) is 17.3 Å². The van der Waals surface area contributed by atoms with E-state index in [4.69, 9.17) is 0 Å². The van der Waals surface area contributed by atoms with Crippen molar-refractivity contribution in [2.45, 2.75) is 50.8 Å². The Balaban J connectivity index is 1.82. The van der Waals surface area contributed by atoms with Crippen LogP contribution in [0.1, 0.15) is 32.6 Å². The van der Waals surface area contributed by atoms with Crippen molar-refractivity contribution < 1.29 is 10.2 Å². The molecule has 19 heavy (non-hydrogen) atoms. The Morgan fingerprint density at radius 2 is 2.42 bits per heavy atom. The molecule has 1 aromatic heterocycles. The molecule has 3 unspecified atom stereocenters. The van der Waals surface area contributed by atoms with Crippen LogP contribution in [-0.2, 0) is 6.54 Å². The molecule has 1 aliphatic rings. The van der Waals surface area contributed by atoms with Crippen molar-refractivity contribution in [2.24, 2.45) is 5.92 Å². The summed E-state index contributed by atoms with van der Waals surface area (Å²) < 4.78 is 1.72. The van der Waals surface area contributed by atoms with Gasteiger partial charge in [-0.15, -0.1) is 0 Å². The molecule has 0 aromatic carbocycles. The lowest BCUT2D eigenvalue weighted by molar-refractivity contribution is 0.0735. The third-order valence-corrected chi connectivity index (χ3v) is 4.06. The van der Waals surface area contributed by atoms with Gasteiger partial charge in [-0.05, 0) is 24.8 Å². The van der Waals surface area contributed by atoms with Crippen molar-refractivity contribution >= 4 is 0 Å². The first-order valence-corrected chi connectivity index (χ1v) is 7.15. The second-order valence-electron chi connectivity index (χ2n) is 5.90. The standard InChI is InChI=1S/C14H25N3O2/c1-12-4-2-5-14(8-12,11-18)15-9-13(19)10-17-7-3-6-16-17/h3,6-7,12-13,15,18-19H,2,4-5,8-11H2,1H3. The molecule has 5 heteroatoms. The first-order valence-electron chi connectivity index (χ1n) is 7.15. The number of rotatable bonds is 6. The molecular formula is C14H25N3O2. The number of hydrogen-bond donors (Lipinski definition) is 3. The second-order valence-corrected chi connectivity index (χ2v) is 5.90. The summed E-state index contributed by atoms with van der Waals surface area (Å²) in [5.74, 6) is 0.636. The van der Waals surface area contributed by atoms with E-state index < -0.39 is 6.10 Å². The molecule has 3 atom stereocenters. The summed E-state index contributed by atoms with van der Waals surface area (Å²) in [5, 5.41) is 27.2. The van der Waals surface area contributed by atoms with Gasteiger partial charge in [-0.2, -0.15) is 5.10 Å². The maximum atomic E-state index is 10.0. The summed E-state index contributed by atoms with van der Waals surface area (Å²) in [6.07, 6.45) is 7.41. The van der Waals surface area contributed by atoms with Gasteiger partial charge >= 0.3 is 0 Å². The average Bonchev–Trinajstić information content (AvgIpc) is 2.89. The number of β-amino-alcohol motifs (C(OH)–C–C–N with tert-alkyl or cyclic N) is 1. The summed E-state index contributed by atoms with van der Waals surface area (Å²) in [6, 6.07) is 1.85. The molecule has 0 radical (unpaired) electrons. The molecule has 1 aliphatic carbocycles. The van der Waals surface area contributed by atoms with Gasteiger partial charge in [0.1, 0.15) is 0 Å². The first kappa shape index (κ1) is 14.5. The zero-order chi connectivity index (χ0) is 13.7. The van der Waals surface area contributed by atoms with E-state index in [1.165, 1.54) is 6.42 Å². The van der Waals surface area contributed by atoms with Crippen molar-refractivity contribution in [3.63, 3.8) is 0 Å². The van der Waals surface area contributed by atoms with Crippen LogP contribution in [0.3, 0.4) is 0 Å². The summed E-state index contributed by atoms with van der Waals surface area (Å²) in [6.45, 7) is 3.35. The molecule has 0 spiro atoms. The van der Waals surface area contributed by atoms with Crippen molar-refractivity contribution in [3.8, 4) is 0 Å². The maximum absolute atomic E-state index is 10.0. The van der Waals surface area contributed by atoms with E-state index in [1.807, 2.05) is 12.3 Å². The Labute approximate surface area is 114 Å². The van der Waals surface area contributed by atoms with E-state index in [0.29, 0.717) is 19.0 Å². The third-order valence-electron chi connectivity index (χ3n) is 4.06. The Bertz CT molecular complexity index is 369. The molecule has 1 fully saturated rings. The number of nitrogens with zero attached hydrogens (tertiary/aromatic N) is 2. The Kier molecular flexibility index (Phi) is 4.96. The molecule has 3 N–H and O–H groups in total. The van der Waals surface area contributed by atoms with Crippen LogP contribution in [0, 0.1) is 5.92 Å². The zero-order valence-corrected chi connectivity index (χ0v) is 11.6. The quantitative estimate of drug-likeness (QED) is 0.712. The maximum Gasteiger partial charge on any atom is 0.0860 e. The largest absolute Gasteiger partial charge is 0.394 e. The highest BCUT2D eigenvalue weighted by molar-refractivity contribution is 4.93. The lowest BCUT2D eigenvalue weighted by Crippen LogP contribution is -2.53. The lowest BCUT2D eigenvalue weighted by Gasteiger charge is -2.40. The minimum absolute atomic E-state index is 0.145. The second kappa shape index (κ2) is 6.50. The molecular weight excluding hydrogens is 242 g/mol. The van der Waals surface area contributed by atoms with Gasteiger partial charge in [-0.25, -0.2) is 0 Å². The highest BCUT2D eigenvalue weighted by Crippen LogP contribution is 2.31. The zero-order valence-electron chi connectivity index (χ0n) is 11.6. The first-order chi connectivity index (χ1) is 9.13. The summed E-state index contributed by atoms with van der Waals surface area (Å²) >= 11 is 0. The normalized spacial score (nSPS) is 29.3. The van der Waals surface area contributed by atoms with E-state index in [0.717, 1.165) is 19.3 Å². The van der Waals surface area contributed by atoms with Crippen molar-refractivity contribution in [3.05, 3.63) is 18.5 Å². The number of hydrogen-bond acceptors (Lipinski definition) is 4. The highest BCUT2D eigenvalue weighted by atomic mass is 16.3. The van der Waals surface area contributed by atoms with Gasteiger partial charge in [0, 0.05) is 24.5 Å². The van der Waals surface area contributed by atoms with Crippen molar-refractivity contribution in [1.82, 2.24) is 15.1 Å². The molecule has 5 nitrogen and oxygen atoms in total. The molecule has 1 heterocycles. The molecule has 0 aliphatic heterocycles. The lowest BCUT2D eigenvalue weighted by atomic mass is 9.77. The number of aromatic nitrogens is 2. The molecule has 108 valence electrons. The van der Waals surface area contributed by atoms with Crippen LogP contribution in [0.15, 0.2) is 18.5 Å². The number of nitrogens with one attached hydrogen (secondary N) is 1. The Morgan fingerprint density at radius 1 is 1.58 bits per heavy atom. The smallest absolute Gasteiger partial charge is 0.0860 e. The monoisotopic (exact) mass is 267 g/mol. The van der Waals surface area contributed by atoms with Crippen LogP contribution in [0.2, 0.25) is 0 Å². The molecule has 1 saturated carbocycles. The van der Waals surface area contributed by atoms with Crippen LogP contribution in [0.25, 0.3) is 0 Å². The minimum atomic E-state index is -0.486. The van der Waals surface area contributed by atoms with E-state index in [-0.39, 0.29) is 12.1 Å². The summed E-state index contributed by atoms with van der Waals surface area (Å²) in [7, 11) is 0. The summed E-state index contributed by atoms with van der Waals surface area (Å²) in [4.78, 5) is 0. The fourth-order valence-corrected chi connectivity index (χ4v) is 3.04. The van der Waals surface area contributed by atoms with Crippen LogP contribution < -0.4 is 5.32 Å². The van der Waals surface area contributed by atoms with E-state index >= 15 is 0 Å². The Hall–Kier alpha value is -0.910. The van der Waals surface area contributed by atoms with Crippen LogP contribution in [0.4, 0.5) is 0 Å². The van der Waals surface area contributed by atoms with Gasteiger partial charge in [-0.3, -0.25) is 4.68 Å². The van der Waals surface area contributed by atoms with Gasteiger partial charge in [0.25, 0.3) is 0 Å². The molecule has 1 aromatic rings. The molecule has 0 amide bonds. The van der Waals surface area contributed by atoms with Gasteiger partial charge in [0.2, 0.25) is 0 Å². The summed E-state index contributed by atoms with van der Waals surface area (Å²) in [5.41, 5.74) is -0.206. The van der Waals surface area contributed by atoms with Crippen LogP contribution in [0.5, 0.6) is 0 Å². The average molecular weight is 267 g/mol. The van der Waals surface area contributed by atoms with Gasteiger partial charge in [0.15, 0.2) is 0 Å². The fraction of sp³-hybridized carbons (Fsp3) is 0.786. The van der Waals surface area contributed by atoms with Crippen LogP contribution >= 0.6 is 0 Å². The van der Waals surface area contributed by atoms with Gasteiger partial charge in [0.05, 0.1) is 19.3 Å². The van der Waals surface area contributed by atoms with E-state index in [1.54, 1.807) is 10.9 Å². The van der Waals surface area contributed by atoms with Gasteiger partial charge in [-0.1, -0.05) is 19.8 Å². The topological polar surface area (TPSA) is 70.3 Å². The molecule has 0 bridgehead atoms. The minimum Gasteiger partial charge on any atom is -0.394 e. The molecule has 2 rings (SSSR count). The predicted octanol–water partition coefficient (Wildman–Crippen LogP) is 0.775. The number of aliphatic hydroxyl groups excluding tert-OH is 2. The Morgan fingerprint density at radius 3 is 3.05 bits per heavy atom. The van der Waals surface area contributed by atoms with Crippen LogP contribution in [-0.4, -0.2) is 44.8 Å². The fourth-order valence-electron chi connectivity index (χ4n) is 3.04. The highest BCUT2D eigenvalue weighted by Gasteiger charge is 2.34.